The molecule has 0 aliphatic heterocycles. The number of hydrogen-bond acceptors (Lipinski definition) is 4. The predicted molar refractivity (Wildman–Crippen MR) is 96.5 cm³/mol. The summed E-state index contributed by atoms with van der Waals surface area (Å²) < 4.78 is 6.32. The van der Waals surface area contributed by atoms with E-state index in [-0.39, 0.29) is 18.0 Å². The number of carbonyl (C=O) groups excluding carboxylic acids is 1. The molecule has 0 saturated heterocycles. The van der Waals surface area contributed by atoms with Gasteiger partial charge in [0.05, 0.1) is 12.3 Å². The molecule has 1 heterocycles. The summed E-state index contributed by atoms with van der Waals surface area (Å²) in [7, 11) is 1.61. The number of carbonyl (C=O) groups is 1. The van der Waals surface area contributed by atoms with Crippen LogP contribution in [0.25, 0.3) is 0 Å². The average Bonchev–Trinajstić information content (AvgIpc) is 2.62. The Kier molecular flexibility index (Phi) is 7.35. The topological polar surface area (TPSA) is 64.4 Å². The zero-order valence-electron chi connectivity index (χ0n) is 14.9. The average molecular weight is 343 g/mol. The van der Waals surface area contributed by atoms with Gasteiger partial charge in [0.25, 0.3) is 5.56 Å². The second-order valence-corrected chi connectivity index (χ2v) is 5.93. The van der Waals surface area contributed by atoms with Gasteiger partial charge in [-0.05, 0) is 31.4 Å². The fraction of sp³-hybridized carbons (Fsp3) is 0.421. The van der Waals surface area contributed by atoms with Crippen LogP contribution in [0, 0.1) is 6.92 Å². The molecule has 0 aliphatic rings. The van der Waals surface area contributed by atoms with Crippen LogP contribution in [0.4, 0.5) is 0 Å². The summed E-state index contributed by atoms with van der Waals surface area (Å²) >= 11 is 0. The zero-order valence-corrected chi connectivity index (χ0v) is 14.9. The van der Waals surface area contributed by atoms with Crippen molar-refractivity contribution < 1.29 is 9.53 Å². The first kappa shape index (κ1) is 18.9. The molecule has 0 fully saturated rings. The Morgan fingerprint density at radius 2 is 1.92 bits per heavy atom. The van der Waals surface area contributed by atoms with Gasteiger partial charge in [-0.2, -0.15) is 5.10 Å². The van der Waals surface area contributed by atoms with E-state index >= 15 is 0 Å². The first-order chi connectivity index (χ1) is 12.1. The van der Waals surface area contributed by atoms with E-state index in [0.29, 0.717) is 25.4 Å². The number of rotatable bonds is 9. The van der Waals surface area contributed by atoms with Crippen LogP contribution in [0.2, 0.25) is 0 Å². The molecule has 0 atom stereocenters. The Bertz CT molecular complexity index is 728. The molecule has 134 valence electrons. The Balaban J connectivity index is 1.96. The molecule has 6 heteroatoms. The van der Waals surface area contributed by atoms with E-state index < -0.39 is 0 Å². The third-order valence-corrected chi connectivity index (χ3v) is 3.94. The van der Waals surface area contributed by atoms with E-state index in [4.69, 9.17) is 4.74 Å². The lowest BCUT2D eigenvalue weighted by molar-refractivity contribution is -0.132. The van der Waals surface area contributed by atoms with E-state index in [0.717, 1.165) is 12.8 Å². The van der Waals surface area contributed by atoms with E-state index in [1.807, 2.05) is 18.2 Å². The van der Waals surface area contributed by atoms with Gasteiger partial charge in [0.1, 0.15) is 6.54 Å². The van der Waals surface area contributed by atoms with Crippen molar-refractivity contribution in [2.75, 3.05) is 26.8 Å². The number of nitrogens with zero attached hydrogens (tertiary/aromatic N) is 3. The van der Waals surface area contributed by atoms with Crippen LogP contribution in [-0.2, 0) is 22.5 Å². The standard InChI is InChI=1S/C19H25N3O3/c1-16-10-11-18(23)22(20-16)15-19(24)21(13-14-25-2)12-6-9-17-7-4-3-5-8-17/h3-5,7-8,10-11H,6,9,12-15H2,1-2H3. The van der Waals surface area contributed by atoms with Gasteiger partial charge in [0.15, 0.2) is 0 Å². The van der Waals surface area contributed by atoms with Crippen LogP contribution in [0.1, 0.15) is 17.7 Å². The van der Waals surface area contributed by atoms with Crippen molar-refractivity contribution in [2.24, 2.45) is 0 Å². The largest absolute Gasteiger partial charge is 0.383 e. The second kappa shape index (κ2) is 9.74. The summed E-state index contributed by atoms with van der Waals surface area (Å²) in [6.45, 7) is 3.34. The van der Waals surface area contributed by atoms with E-state index in [9.17, 15) is 9.59 Å². The number of methoxy groups -OCH3 is 1. The van der Waals surface area contributed by atoms with Crippen LogP contribution in [0.5, 0.6) is 0 Å². The number of aromatic nitrogens is 2. The molecule has 0 spiro atoms. The predicted octanol–water partition coefficient (Wildman–Crippen LogP) is 1.66. The van der Waals surface area contributed by atoms with Crippen LogP contribution < -0.4 is 5.56 Å². The smallest absolute Gasteiger partial charge is 0.267 e. The molecule has 0 unspecified atom stereocenters. The highest BCUT2D eigenvalue weighted by Crippen LogP contribution is 2.04. The number of amides is 1. The maximum Gasteiger partial charge on any atom is 0.267 e. The molecule has 1 amide bonds. The van der Waals surface area contributed by atoms with Crippen molar-refractivity contribution >= 4 is 5.91 Å². The fourth-order valence-corrected chi connectivity index (χ4v) is 2.57. The minimum Gasteiger partial charge on any atom is -0.383 e. The summed E-state index contributed by atoms with van der Waals surface area (Å²) in [6.07, 6.45) is 1.76. The molecule has 25 heavy (non-hydrogen) atoms. The number of benzene rings is 1. The normalized spacial score (nSPS) is 10.6. The lowest BCUT2D eigenvalue weighted by atomic mass is 10.1. The Labute approximate surface area is 148 Å². The van der Waals surface area contributed by atoms with Crippen molar-refractivity contribution in [1.82, 2.24) is 14.7 Å². The van der Waals surface area contributed by atoms with Gasteiger partial charge < -0.3 is 9.64 Å². The molecule has 2 aromatic rings. The molecule has 0 bridgehead atoms. The molecule has 0 aliphatic carbocycles. The summed E-state index contributed by atoms with van der Waals surface area (Å²) in [4.78, 5) is 26.2. The highest BCUT2D eigenvalue weighted by atomic mass is 16.5. The monoisotopic (exact) mass is 343 g/mol. The first-order valence-electron chi connectivity index (χ1n) is 8.45. The maximum atomic E-state index is 12.6. The van der Waals surface area contributed by atoms with Gasteiger partial charge in [-0.1, -0.05) is 30.3 Å². The minimum absolute atomic E-state index is 0.0461. The third-order valence-electron chi connectivity index (χ3n) is 3.94. The highest BCUT2D eigenvalue weighted by Gasteiger charge is 2.15. The maximum absolute atomic E-state index is 12.6. The number of ether oxygens (including phenoxy) is 1. The quantitative estimate of drug-likeness (QED) is 0.695. The SMILES string of the molecule is COCCN(CCCc1ccccc1)C(=O)Cn1nc(C)ccc1=O. The van der Waals surface area contributed by atoms with Crippen molar-refractivity contribution in [3.63, 3.8) is 0 Å². The van der Waals surface area contributed by atoms with Crippen molar-refractivity contribution in [3.8, 4) is 0 Å². The van der Waals surface area contributed by atoms with Gasteiger partial charge in [0, 0.05) is 26.3 Å². The summed E-state index contributed by atoms with van der Waals surface area (Å²) in [5, 5.41) is 4.13. The molecule has 6 nitrogen and oxygen atoms in total. The Morgan fingerprint density at radius 1 is 1.16 bits per heavy atom. The third kappa shape index (κ3) is 6.15. The van der Waals surface area contributed by atoms with Crippen LogP contribution in [0.3, 0.4) is 0 Å². The summed E-state index contributed by atoms with van der Waals surface area (Å²) in [5.41, 5.74) is 1.69. The molecule has 1 aromatic heterocycles. The van der Waals surface area contributed by atoms with Gasteiger partial charge >= 0.3 is 0 Å². The molecule has 0 N–H and O–H groups in total. The van der Waals surface area contributed by atoms with Crippen LogP contribution in [-0.4, -0.2) is 47.4 Å². The zero-order chi connectivity index (χ0) is 18.1. The van der Waals surface area contributed by atoms with Gasteiger partial charge in [-0.3, -0.25) is 9.59 Å². The van der Waals surface area contributed by atoms with Crippen molar-refractivity contribution in [1.29, 1.82) is 0 Å². The number of aryl methyl sites for hydroxylation is 2. The molecular weight excluding hydrogens is 318 g/mol. The number of hydrogen-bond donors (Lipinski definition) is 0. The van der Waals surface area contributed by atoms with Crippen molar-refractivity contribution in [3.05, 3.63) is 64.1 Å². The lowest BCUT2D eigenvalue weighted by Gasteiger charge is -2.22. The van der Waals surface area contributed by atoms with Crippen molar-refractivity contribution in [2.45, 2.75) is 26.3 Å². The molecule has 0 radical (unpaired) electrons. The lowest BCUT2D eigenvalue weighted by Crippen LogP contribution is -2.39. The van der Waals surface area contributed by atoms with E-state index in [1.165, 1.54) is 16.3 Å². The molecule has 2 rings (SSSR count). The fourth-order valence-electron chi connectivity index (χ4n) is 2.57. The Morgan fingerprint density at radius 3 is 2.64 bits per heavy atom. The molecule has 1 aromatic carbocycles. The van der Waals surface area contributed by atoms with E-state index in [1.54, 1.807) is 25.0 Å². The Hall–Kier alpha value is -2.47. The molecule has 0 saturated carbocycles. The second-order valence-electron chi connectivity index (χ2n) is 5.93. The van der Waals surface area contributed by atoms with Crippen LogP contribution in [0.15, 0.2) is 47.3 Å². The highest BCUT2D eigenvalue weighted by molar-refractivity contribution is 5.75. The first-order valence-corrected chi connectivity index (χ1v) is 8.45. The minimum atomic E-state index is -0.269. The summed E-state index contributed by atoms with van der Waals surface area (Å²) in [6, 6.07) is 13.3. The van der Waals surface area contributed by atoms with Crippen LogP contribution >= 0.6 is 0 Å². The molecular formula is C19H25N3O3. The summed E-state index contributed by atoms with van der Waals surface area (Å²) in [5.74, 6) is -0.120. The van der Waals surface area contributed by atoms with Gasteiger partial charge in [0.2, 0.25) is 5.91 Å². The van der Waals surface area contributed by atoms with E-state index in [2.05, 4.69) is 17.2 Å². The van der Waals surface area contributed by atoms with Gasteiger partial charge in [-0.15, -0.1) is 0 Å². The van der Waals surface area contributed by atoms with Gasteiger partial charge in [-0.25, -0.2) is 4.68 Å².